The van der Waals surface area contributed by atoms with E-state index in [1.54, 1.807) is 42.5 Å². The SMILES string of the molecule is COC(=O)C(NC(=O)c1cc(OC)ccc1OC)c1ccccc1. The van der Waals surface area contributed by atoms with Crippen LogP contribution < -0.4 is 14.8 Å². The number of hydrogen-bond acceptors (Lipinski definition) is 5. The Kier molecular flexibility index (Phi) is 5.78. The van der Waals surface area contributed by atoms with Crippen molar-refractivity contribution < 1.29 is 23.8 Å². The van der Waals surface area contributed by atoms with Crippen molar-refractivity contribution in [1.82, 2.24) is 5.32 Å². The molecule has 2 rings (SSSR count). The summed E-state index contributed by atoms with van der Waals surface area (Å²) in [6.45, 7) is 0. The second-order valence-corrected chi connectivity index (χ2v) is 4.91. The smallest absolute Gasteiger partial charge is 0.333 e. The zero-order valence-corrected chi connectivity index (χ0v) is 13.7. The van der Waals surface area contributed by atoms with Gasteiger partial charge in [0.1, 0.15) is 11.5 Å². The van der Waals surface area contributed by atoms with Crippen molar-refractivity contribution in [1.29, 1.82) is 0 Å². The third-order valence-electron chi connectivity index (χ3n) is 3.50. The van der Waals surface area contributed by atoms with E-state index >= 15 is 0 Å². The Labute approximate surface area is 140 Å². The van der Waals surface area contributed by atoms with Gasteiger partial charge in [0.2, 0.25) is 0 Å². The number of rotatable bonds is 6. The van der Waals surface area contributed by atoms with Gasteiger partial charge in [0.15, 0.2) is 6.04 Å². The monoisotopic (exact) mass is 329 g/mol. The van der Waals surface area contributed by atoms with Gasteiger partial charge in [-0.05, 0) is 23.8 Å². The zero-order chi connectivity index (χ0) is 17.5. The molecule has 0 heterocycles. The van der Waals surface area contributed by atoms with E-state index in [-0.39, 0.29) is 5.56 Å². The Balaban J connectivity index is 2.33. The van der Waals surface area contributed by atoms with Crippen molar-refractivity contribution in [2.24, 2.45) is 0 Å². The molecule has 0 aliphatic carbocycles. The molecule has 0 radical (unpaired) electrons. The first kappa shape index (κ1) is 17.3. The fourth-order valence-electron chi connectivity index (χ4n) is 2.24. The first-order valence-corrected chi connectivity index (χ1v) is 7.26. The molecule has 0 aliphatic rings. The molecule has 0 spiro atoms. The minimum Gasteiger partial charge on any atom is -0.497 e. The average Bonchev–Trinajstić information content (AvgIpc) is 2.65. The number of hydrogen-bond donors (Lipinski definition) is 1. The summed E-state index contributed by atoms with van der Waals surface area (Å²) in [6.07, 6.45) is 0. The highest BCUT2D eigenvalue weighted by Gasteiger charge is 2.25. The average molecular weight is 329 g/mol. The Hall–Kier alpha value is -3.02. The van der Waals surface area contributed by atoms with Crippen molar-refractivity contribution in [3.63, 3.8) is 0 Å². The number of carbonyl (C=O) groups is 2. The van der Waals surface area contributed by atoms with Gasteiger partial charge >= 0.3 is 5.97 Å². The maximum absolute atomic E-state index is 12.6. The topological polar surface area (TPSA) is 73.9 Å². The molecular weight excluding hydrogens is 310 g/mol. The van der Waals surface area contributed by atoms with Crippen LogP contribution in [0.3, 0.4) is 0 Å². The molecule has 126 valence electrons. The van der Waals surface area contributed by atoms with Crippen molar-refractivity contribution >= 4 is 11.9 Å². The van der Waals surface area contributed by atoms with Gasteiger partial charge in [-0.15, -0.1) is 0 Å². The minimum absolute atomic E-state index is 0.265. The summed E-state index contributed by atoms with van der Waals surface area (Å²) < 4.78 is 15.1. The van der Waals surface area contributed by atoms with Crippen LogP contribution in [0.1, 0.15) is 22.0 Å². The molecule has 1 unspecified atom stereocenters. The van der Waals surface area contributed by atoms with Crippen LogP contribution in [0, 0.1) is 0 Å². The molecule has 0 aliphatic heterocycles. The summed E-state index contributed by atoms with van der Waals surface area (Å²) >= 11 is 0. The molecule has 0 fully saturated rings. The van der Waals surface area contributed by atoms with E-state index in [4.69, 9.17) is 14.2 Å². The van der Waals surface area contributed by atoms with Crippen LogP contribution in [0.2, 0.25) is 0 Å². The number of methoxy groups -OCH3 is 3. The second kappa shape index (κ2) is 8.01. The lowest BCUT2D eigenvalue weighted by molar-refractivity contribution is -0.143. The Morgan fingerprint density at radius 1 is 0.958 bits per heavy atom. The van der Waals surface area contributed by atoms with Crippen LogP contribution in [0.4, 0.5) is 0 Å². The molecule has 6 nitrogen and oxygen atoms in total. The second-order valence-electron chi connectivity index (χ2n) is 4.91. The van der Waals surface area contributed by atoms with Crippen LogP contribution in [0.5, 0.6) is 11.5 Å². The highest BCUT2D eigenvalue weighted by molar-refractivity contribution is 5.99. The number of nitrogens with one attached hydrogen (secondary N) is 1. The minimum atomic E-state index is -0.917. The van der Waals surface area contributed by atoms with Crippen molar-refractivity contribution in [3.8, 4) is 11.5 Å². The summed E-state index contributed by atoms with van der Waals surface area (Å²) in [5, 5.41) is 2.68. The number of benzene rings is 2. The van der Waals surface area contributed by atoms with Gasteiger partial charge in [-0.2, -0.15) is 0 Å². The highest BCUT2D eigenvalue weighted by atomic mass is 16.5. The van der Waals surface area contributed by atoms with E-state index in [0.29, 0.717) is 17.1 Å². The number of esters is 1. The van der Waals surface area contributed by atoms with Gasteiger partial charge in [0.05, 0.1) is 26.9 Å². The maximum Gasteiger partial charge on any atom is 0.333 e. The summed E-state index contributed by atoms with van der Waals surface area (Å²) in [4.78, 5) is 24.7. The lowest BCUT2D eigenvalue weighted by atomic mass is 10.1. The van der Waals surface area contributed by atoms with E-state index in [0.717, 1.165) is 0 Å². The van der Waals surface area contributed by atoms with Gasteiger partial charge in [-0.1, -0.05) is 30.3 Å². The van der Waals surface area contributed by atoms with E-state index in [9.17, 15) is 9.59 Å². The largest absolute Gasteiger partial charge is 0.497 e. The maximum atomic E-state index is 12.6. The Morgan fingerprint density at radius 2 is 1.67 bits per heavy atom. The van der Waals surface area contributed by atoms with Gasteiger partial charge in [-0.3, -0.25) is 4.79 Å². The molecule has 0 bridgehead atoms. The highest BCUT2D eigenvalue weighted by Crippen LogP contribution is 2.25. The summed E-state index contributed by atoms with van der Waals surface area (Å²) in [6, 6.07) is 12.8. The van der Waals surface area contributed by atoms with Gasteiger partial charge < -0.3 is 19.5 Å². The van der Waals surface area contributed by atoms with E-state index in [1.807, 2.05) is 6.07 Å². The van der Waals surface area contributed by atoms with Crippen molar-refractivity contribution in [2.45, 2.75) is 6.04 Å². The molecule has 1 amide bonds. The summed E-state index contributed by atoms with van der Waals surface area (Å²) in [5.74, 6) is -0.137. The molecule has 0 saturated heterocycles. The quantitative estimate of drug-likeness (QED) is 0.824. The molecular formula is C18H19NO5. The molecule has 0 saturated carbocycles. The van der Waals surface area contributed by atoms with E-state index in [1.165, 1.54) is 21.3 Å². The van der Waals surface area contributed by atoms with Crippen molar-refractivity contribution in [3.05, 3.63) is 59.7 Å². The van der Waals surface area contributed by atoms with Gasteiger partial charge in [-0.25, -0.2) is 4.79 Å². The molecule has 6 heteroatoms. The summed E-state index contributed by atoms with van der Waals surface area (Å²) in [7, 11) is 4.24. The first-order chi connectivity index (χ1) is 11.6. The van der Waals surface area contributed by atoms with Crippen LogP contribution in [-0.4, -0.2) is 33.2 Å². The van der Waals surface area contributed by atoms with Crippen molar-refractivity contribution in [2.75, 3.05) is 21.3 Å². The third-order valence-corrected chi connectivity index (χ3v) is 3.50. The van der Waals surface area contributed by atoms with Crippen LogP contribution in [0.15, 0.2) is 48.5 Å². The lowest BCUT2D eigenvalue weighted by Crippen LogP contribution is -2.34. The predicted molar refractivity (Wildman–Crippen MR) is 88.2 cm³/mol. The van der Waals surface area contributed by atoms with Crippen LogP contribution in [0.25, 0.3) is 0 Å². The molecule has 2 aromatic rings. The lowest BCUT2D eigenvalue weighted by Gasteiger charge is -2.18. The Morgan fingerprint density at radius 3 is 2.25 bits per heavy atom. The van der Waals surface area contributed by atoms with Crippen LogP contribution >= 0.6 is 0 Å². The van der Waals surface area contributed by atoms with E-state index in [2.05, 4.69) is 5.32 Å². The first-order valence-electron chi connectivity index (χ1n) is 7.26. The molecule has 24 heavy (non-hydrogen) atoms. The van der Waals surface area contributed by atoms with E-state index < -0.39 is 17.9 Å². The number of ether oxygens (including phenoxy) is 3. The predicted octanol–water partition coefficient (Wildman–Crippen LogP) is 2.35. The molecule has 1 atom stereocenters. The fraction of sp³-hybridized carbons (Fsp3) is 0.222. The zero-order valence-electron chi connectivity index (χ0n) is 13.7. The summed E-state index contributed by atoms with van der Waals surface area (Å²) in [5.41, 5.74) is 0.890. The number of amides is 1. The van der Waals surface area contributed by atoms with Gasteiger partial charge in [0.25, 0.3) is 5.91 Å². The normalized spacial score (nSPS) is 11.3. The van der Waals surface area contributed by atoms with Gasteiger partial charge in [0, 0.05) is 0 Å². The molecule has 2 aromatic carbocycles. The fourth-order valence-corrected chi connectivity index (χ4v) is 2.24. The molecule has 0 aromatic heterocycles. The number of carbonyl (C=O) groups excluding carboxylic acids is 2. The third kappa shape index (κ3) is 3.84. The molecule has 1 N–H and O–H groups in total. The Bertz CT molecular complexity index is 715. The van der Waals surface area contributed by atoms with Crippen LogP contribution in [-0.2, 0) is 9.53 Å². The standard InChI is InChI=1S/C18H19NO5/c1-22-13-9-10-15(23-2)14(11-13)17(20)19-16(18(21)24-3)12-7-5-4-6-8-12/h4-11,16H,1-3H3,(H,19,20).